The summed E-state index contributed by atoms with van der Waals surface area (Å²) >= 11 is 0. The lowest BCUT2D eigenvalue weighted by Gasteiger charge is -2.06. The van der Waals surface area contributed by atoms with Crippen LogP contribution in [0.3, 0.4) is 0 Å². The van der Waals surface area contributed by atoms with Gasteiger partial charge in [-0.25, -0.2) is 4.79 Å². The Morgan fingerprint density at radius 3 is 2.56 bits per heavy atom. The molecule has 1 aromatic carbocycles. The van der Waals surface area contributed by atoms with Gasteiger partial charge < -0.3 is 10.5 Å². The lowest BCUT2D eigenvalue weighted by Crippen LogP contribution is -2.16. The molecule has 0 aliphatic heterocycles. The van der Waals surface area contributed by atoms with Crippen molar-refractivity contribution in [2.24, 2.45) is 5.73 Å². The Kier molecular flexibility index (Phi) is 3.99. The van der Waals surface area contributed by atoms with Crippen LogP contribution in [-0.2, 0) is 14.9 Å². The van der Waals surface area contributed by atoms with Gasteiger partial charge in [-0.05, 0) is 12.1 Å². The summed E-state index contributed by atoms with van der Waals surface area (Å²) in [4.78, 5) is 10.9. The molecule has 1 rings (SSSR count). The van der Waals surface area contributed by atoms with Crippen LogP contribution in [0.25, 0.3) is 0 Å². The number of benzene rings is 1. The van der Waals surface area contributed by atoms with E-state index in [1.807, 2.05) is 0 Å². The molecule has 1 aromatic rings. The minimum absolute atomic E-state index is 0.0152. The van der Waals surface area contributed by atoms with Gasteiger partial charge in [0.05, 0.1) is 5.56 Å². The van der Waals surface area contributed by atoms with Crippen molar-refractivity contribution in [1.82, 2.24) is 0 Å². The number of hydrogen-bond acceptors (Lipinski definition) is 5. The molecule has 0 saturated heterocycles. The molecule has 0 unspecified atom stereocenters. The third kappa shape index (κ3) is 3.02. The van der Waals surface area contributed by atoms with Crippen LogP contribution >= 0.6 is 0 Å². The average molecular weight is 245 g/mol. The third-order valence-corrected chi connectivity index (χ3v) is 2.65. The number of esters is 1. The molecule has 6 nitrogen and oxygen atoms in total. The molecule has 0 aromatic heterocycles. The minimum atomic E-state index is -4.44. The summed E-state index contributed by atoms with van der Waals surface area (Å²) in [6.45, 7) is 0.123. The number of carbonyl (C=O) groups excluding carboxylic acids is 1. The van der Waals surface area contributed by atoms with Crippen LogP contribution in [0, 0.1) is 0 Å². The van der Waals surface area contributed by atoms with Crippen LogP contribution in [-0.4, -0.2) is 32.1 Å². The van der Waals surface area contributed by atoms with Crippen LogP contribution in [0.5, 0.6) is 0 Å². The molecule has 0 amide bonds. The lowest BCUT2D eigenvalue weighted by molar-refractivity contribution is 0.0512. The molecule has 0 fully saturated rings. The van der Waals surface area contributed by atoms with Crippen molar-refractivity contribution in [2.75, 3.05) is 13.2 Å². The fourth-order valence-corrected chi connectivity index (χ4v) is 1.77. The zero-order valence-electron chi connectivity index (χ0n) is 8.29. The molecular weight excluding hydrogens is 234 g/mol. The maximum atomic E-state index is 11.4. The van der Waals surface area contributed by atoms with E-state index < -0.39 is 21.0 Å². The highest BCUT2D eigenvalue weighted by molar-refractivity contribution is 7.86. The molecule has 0 spiro atoms. The second kappa shape index (κ2) is 5.06. The lowest BCUT2D eigenvalue weighted by atomic mass is 10.2. The molecule has 88 valence electrons. The van der Waals surface area contributed by atoms with E-state index in [0.29, 0.717) is 0 Å². The Balaban J connectivity index is 3.09. The molecule has 0 radical (unpaired) electrons. The fraction of sp³-hybridized carbons (Fsp3) is 0.222. The Labute approximate surface area is 92.8 Å². The first kappa shape index (κ1) is 12.6. The van der Waals surface area contributed by atoms with E-state index in [2.05, 4.69) is 4.74 Å². The van der Waals surface area contributed by atoms with E-state index >= 15 is 0 Å². The summed E-state index contributed by atoms with van der Waals surface area (Å²) in [6.07, 6.45) is 0. The van der Waals surface area contributed by atoms with Gasteiger partial charge in [0, 0.05) is 6.54 Å². The number of nitrogens with two attached hydrogens (primary N) is 1. The normalized spacial score (nSPS) is 11.1. The summed E-state index contributed by atoms with van der Waals surface area (Å²) in [5.41, 5.74) is 4.92. The number of ether oxygens (including phenoxy) is 1. The molecule has 0 bridgehead atoms. The quantitative estimate of drug-likeness (QED) is 0.573. The predicted molar refractivity (Wildman–Crippen MR) is 55.6 cm³/mol. The first-order valence-corrected chi connectivity index (χ1v) is 5.84. The van der Waals surface area contributed by atoms with E-state index in [1.54, 1.807) is 0 Å². The van der Waals surface area contributed by atoms with Gasteiger partial charge in [-0.15, -0.1) is 0 Å². The van der Waals surface area contributed by atoms with Crippen LogP contribution in [0.1, 0.15) is 10.4 Å². The summed E-state index contributed by atoms with van der Waals surface area (Å²) in [6, 6.07) is 5.23. The molecule has 0 heterocycles. The van der Waals surface area contributed by atoms with Crippen molar-refractivity contribution in [3.63, 3.8) is 0 Å². The van der Waals surface area contributed by atoms with Crippen LogP contribution in [0.2, 0.25) is 0 Å². The fourth-order valence-electron chi connectivity index (χ4n) is 1.09. The van der Waals surface area contributed by atoms with Crippen molar-refractivity contribution in [3.05, 3.63) is 29.8 Å². The summed E-state index contributed by atoms with van der Waals surface area (Å²) < 4.78 is 35.5. The van der Waals surface area contributed by atoms with E-state index in [1.165, 1.54) is 18.2 Å². The van der Waals surface area contributed by atoms with E-state index in [-0.39, 0.29) is 18.7 Å². The van der Waals surface area contributed by atoms with Crippen molar-refractivity contribution >= 4 is 16.1 Å². The maximum absolute atomic E-state index is 11.4. The Morgan fingerprint density at radius 2 is 2.00 bits per heavy atom. The van der Waals surface area contributed by atoms with Gasteiger partial charge in [0.1, 0.15) is 11.5 Å². The largest absolute Gasteiger partial charge is 0.461 e. The number of carbonyl (C=O) groups is 1. The molecule has 16 heavy (non-hydrogen) atoms. The van der Waals surface area contributed by atoms with Crippen molar-refractivity contribution in [2.45, 2.75) is 4.90 Å². The number of rotatable bonds is 4. The maximum Gasteiger partial charge on any atom is 0.339 e. The minimum Gasteiger partial charge on any atom is -0.461 e. The summed E-state index contributed by atoms with van der Waals surface area (Å²) in [5, 5.41) is 0. The van der Waals surface area contributed by atoms with E-state index in [4.69, 9.17) is 10.3 Å². The van der Waals surface area contributed by atoms with Crippen LogP contribution in [0.4, 0.5) is 0 Å². The molecule has 0 atom stereocenters. The van der Waals surface area contributed by atoms with Gasteiger partial charge in [-0.3, -0.25) is 4.55 Å². The average Bonchev–Trinajstić information content (AvgIpc) is 2.24. The molecule has 0 aliphatic carbocycles. The standard InChI is InChI=1S/C9H11NO5S/c10-5-6-15-9(11)7-3-1-2-4-8(7)16(12,13)14/h1-4H,5-6,10H2,(H,12,13,14). The first-order valence-electron chi connectivity index (χ1n) is 4.40. The predicted octanol–water partition coefficient (Wildman–Crippen LogP) is 0.0488. The first-order chi connectivity index (χ1) is 7.46. The molecule has 7 heteroatoms. The molecular formula is C9H11NO5S. The van der Waals surface area contributed by atoms with Gasteiger partial charge in [-0.1, -0.05) is 12.1 Å². The summed E-state index contributed by atoms with van der Waals surface area (Å²) in [7, 11) is -4.44. The monoisotopic (exact) mass is 245 g/mol. The third-order valence-electron chi connectivity index (χ3n) is 1.74. The van der Waals surface area contributed by atoms with Crippen molar-refractivity contribution in [3.8, 4) is 0 Å². The van der Waals surface area contributed by atoms with Crippen molar-refractivity contribution in [1.29, 1.82) is 0 Å². The zero-order chi connectivity index (χ0) is 12.2. The van der Waals surface area contributed by atoms with E-state index in [9.17, 15) is 13.2 Å². The molecule has 0 aliphatic rings. The van der Waals surface area contributed by atoms with Gasteiger partial charge in [0.25, 0.3) is 10.1 Å². The second-order valence-corrected chi connectivity index (χ2v) is 4.29. The smallest absolute Gasteiger partial charge is 0.339 e. The van der Waals surface area contributed by atoms with Crippen molar-refractivity contribution < 1.29 is 22.5 Å². The van der Waals surface area contributed by atoms with Gasteiger partial charge in [0.15, 0.2) is 0 Å². The number of hydrogen-bond donors (Lipinski definition) is 2. The zero-order valence-corrected chi connectivity index (χ0v) is 9.11. The topological polar surface area (TPSA) is 107 Å². The molecule has 0 saturated carbocycles. The molecule has 3 N–H and O–H groups in total. The highest BCUT2D eigenvalue weighted by atomic mass is 32.2. The Hall–Kier alpha value is -1.44. The Morgan fingerprint density at radius 1 is 1.38 bits per heavy atom. The van der Waals surface area contributed by atoms with Crippen LogP contribution < -0.4 is 5.73 Å². The summed E-state index contributed by atoms with van der Waals surface area (Å²) in [5.74, 6) is -0.835. The Bertz CT molecular complexity index is 482. The highest BCUT2D eigenvalue weighted by Crippen LogP contribution is 2.15. The van der Waals surface area contributed by atoms with Gasteiger partial charge in [0.2, 0.25) is 0 Å². The SMILES string of the molecule is NCCOC(=O)c1ccccc1S(=O)(=O)O. The van der Waals surface area contributed by atoms with Crippen LogP contribution in [0.15, 0.2) is 29.2 Å². The second-order valence-electron chi connectivity index (χ2n) is 2.90. The van der Waals surface area contributed by atoms with E-state index in [0.717, 1.165) is 6.07 Å². The highest BCUT2D eigenvalue weighted by Gasteiger charge is 2.20. The van der Waals surface area contributed by atoms with Gasteiger partial charge >= 0.3 is 5.97 Å². The van der Waals surface area contributed by atoms with Gasteiger partial charge in [-0.2, -0.15) is 8.42 Å².